The highest BCUT2D eigenvalue weighted by Crippen LogP contribution is 2.22. The fourth-order valence-electron chi connectivity index (χ4n) is 2.20. The molecule has 0 saturated carbocycles. The lowest BCUT2D eigenvalue weighted by Crippen LogP contribution is -2.27. The van der Waals surface area contributed by atoms with E-state index in [1.165, 1.54) is 0 Å². The molecule has 0 aliphatic carbocycles. The first-order valence-corrected chi connectivity index (χ1v) is 6.88. The summed E-state index contributed by atoms with van der Waals surface area (Å²) in [5.41, 5.74) is 14.4. The number of amides is 1. The first-order valence-electron chi connectivity index (χ1n) is 6.88. The third-order valence-electron chi connectivity index (χ3n) is 3.38. The SMILES string of the molecule is CCN(Cc1ccccc1N)c1nc(C)ccc1C(N)=O. The Hall–Kier alpha value is -2.56. The van der Waals surface area contributed by atoms with Gasteiger partial charge >= 0.3 is 0 Å². The van der Waals surface area contributed by atoms with Gasteiger partial charge in [0.25, 0.3) is 5.91 Å². The zero-order valence-corrected chi connectivity index (χ0v) is 12.3. The van der Waals surface area contributed by atoms with E-state index in [1.807, 2.05) is 43.0 Å². The van der Waals surface area contributed by atoms with Crippen molar-refractivity contribution in [2.24, 2.45) is 5.73 Å². The van der Waals surface area contributed by atoms with Gasteiger partial charge in [-0.1, -0.05) is 18.2 Å². The minimum atomic E-state index is -0.475. The molecule has 1 aromatic heterocycles. The largest absolute Gasteiger partial charge is 0.398 e. The molecule has 5 nitrogen and oxygen atoms in total. The Morgan fingerprint density at radius 2 is 1.95 bits per heavy atom. The van der Waals surface area contributed by atoms with E-state index in [2.05, 4.69) is 4.98 Å². The highest BCUT2D eigenvalue weighted by Gasteiger charge is 2.16. The lowest BCUT2D eigenvalue weighted by Gasteiger charge is -2.24. The Bertz CT molecular complexity index is 654. The molecule has 2 aromatic rings. The summed E-state index contributed by atoms with van der Waals surface area (Å²) in [6.45, 7) is 5.18. The molecule has 4 N–H and O–H groups in total. The number of hydrogen-bond acceptors (Lipinski definition) is 4. The number of para-hydroxylation sites is 1. The van der Waals surface area contributed by atoms with Crippen LogP contribution in [-0.4, -0.2) is 17.4 Å². The number of aromatic nitrogens is 1. The Labute approximate surface area is 124 Å². The van der Waals surface area contributed by atoms with E-state index in [9.17, 15) is 4.79 Å². The van der Waals surface area contributed by atoms with Crippen molar-refractivity contribution >= 4 is 17.4 Å². The minimum absolute atomic E-state index is 0.428. The van der Waals surface area contributed by atoms with Crippen molar-refractivity contribution in [1.82, 2.24) is 4.98 Å². The first kappa shape index (κ1) is 14.8. The van der Waals surface area contributed by atoms with Gasteiger partial charge in [0.05, 0.1) is 5.56 Å². The summed E-state index contributed by atoms with van der Waals surface area (Å²) in [5.74, 6) is 0.130. The maximum Gasteiger partial charge on any atom is 0.252 e. The molecule has 0 unspecified atom stereocenters. The Kier molecular flexibility index (Phi) is 4.42. The molecule has 21 heavy (non-hydrogen) atoms. The summed E-state index contributed by atoms with van der Waals surface area (Å²) in [5, 5.41) is 0. The second kappa shape index (κ2) is 6.26. The molecule has 0 spiro atoms. The molecule has 0 bridgehead atoms. The number of nitrogens with two attached hydrogens (primary N) is 2. The van der Waals surface area contributed by atoms with Crippen molar-refractivity contribution in [1.29, 1.82) is 0 Å². The van der Waals surface area contributed by atoms with Crippen LogP contribution < -0.4 is 16.4 Å². The lowest BCUT2D eigenvalue weighted by atomic mass is 10.1. The molecular weight excluding hydrogens is 264 g/mol. The average molecular weight is 284 g/mol. The van der Waals surface area contributed by atoms with Gasteiger partial charge in [0.1, 0.15) is 5.82 Å². The average Bonchev–Trinajstić information content (AvgIpc) is 2.46. The summed E-state index contributed by atoms with van der Waals surface area (Å²) in [6, 6.07) is 11.2. The van der Waals surface area contributed by atoms with E-state index >= 15 is 0 Å². The van der Waals surface area contributed by atoms with E-state index in [4.69, 9.17) is 11.5 Å². The molecule has 110 valence electrons. The predicted molar refractivity (Wildman–Crippen MR) is 85.1 cm³/mol. The Balaban J connectivity index is 2.40. The molecule has 0 atom stereocenters. The Morgan fingerprint density at radius 1 is 1.24 bits per heavy atom. The number of rotatable bonds is 5. The van der Waals surface area contributed by atoms with Crippen LogP contribution >= 0.6 is 0 Å². The van der Waals surface area contributed by atoms with Gasteiger partial charge in [0.15, 0.2) is 0 Å². The van der Waals surface area contributed by atoms with Crippen molar-refractivity contribution < 1.29 is 4.79 Å². The second-order valence-electron chi connectivity index (χ2n) is 4.90. The molecule has 0 saturated heterocycles. The molecule has 5 heteroatoms. The quantitative estimate of drug-likeness (QED) is 0.823. The highest BCUT2D eigenvalue weighted by molar-refractivity contribution is 5.97. The van der Waals surface area contributed by atoms with Crippen LogP contribution in [0.2, 0.25) is 0 Å². The number of carbonyl (C=O) groups excluding carboxylic acids is 1. The standard InChI is InChI=1S/C16H20N4O/c1-3-20(10-12-6-4-5-7-14(12)17)16-13(15(18)21)9-8-11(2)19-16/h4-9H,3,10,17H2,1-2H3,(H2,18,21). The number of carbonyl (C=O) groups is 1. The first-order chi connectivity index (χ1) is 10.0. The zero-order valence-electron chi connectivity index (χ0n) is 12.3. The molecule has 1 amide bonds. The number of aryl methyl sites for hydroxylation is 1. The smallest absolute Gasteiger partial charge is 0.252 e. The molecule has 0 radical (unpaired) electrons. The summed E-state index contributed by atoms with van der Waals surface area (Å²) < 4.78 is 0. The number of nitrogen functional groups attached to an aromatic ring is 1. The number of primary amides is 1. The molecule has 2 rings (SSSR count). The molecule has 0 fully saturated rings. The summed E-state index contributed by atoms with van der Waals surface area (Å²) >= 11 is 0. The summed E-state index contributed by atoms with van der Waals surface area (Å²) in [6.07, 6.45) is 0. The summed E-state index contributed by atoms with van der Waals surface area (Å²) in [7, 11) is 0. The number of benzene rings is 1. The van der Waals surface area contributed by atoms with E-state index < -0.39 is 5.91 Å². The van der Waals surface area contributed by atoms with Crippen LogP contribution in [0.25, 0.3) is 0 Å². The van der Waals surface area contributed by atoms with Crippen LogP contribution in [0.5, 0.6) is 0 Å². The van der Waals surface area contributed by atoms with E-state index in [1.54, 1.807) is 12.1 Å². The van der Waals surface area contributed by atoms with Gasteiger partial charge < -0.3 is 16.4 Å². The Morgan fingerprint density at radius 3 is 2.57 bits per heavy atom. The minimum Gasteiger partial charge on any atom is -0.398 e. The van der Waals surface area contributed by atoms with Gasteiger partial charge in [-0.05, 0) is 37.6 Å². The van der Waals surface area contributed by atoms with Gasteiger partial charge in [-0.3, -0.25) is 4.79 Å². The molecule has 1 aromatic carbocycles. The molecule has 0 aliphatic heterocycles. The van der Waals surface area contributed by atoms with Crippen LogP contribution in [0.15, 0.2) is 36.4 Å². The van der Waals surface area contributed by atoms with Crippen molar-refractivity contribution in [2.75, 3.05) is 17.2 Å². The predicted octanol–water partition coefficient (Wildman–Crippen LogP) is 2.10. The van der Waals surface area contributed by atoms with Crippen molar-refractivity contribution in [3.8, 4) is 0 Å². The van der Waals surface area contributed by atoms with Gasteiger partial charge in [0, 0.05) is 24.5 Å². The van der Waals surface area contributed by atoms with Gasteiger partial charge in [-0.2, -0.15) is 0 Å². The highest BCUT2D eigenvalue weighted by atomic mass is 16.1. The van der Waals surface area contributed by atoms with Crippen LogP contribution in [0.1, 0.15) is 28.5 Å². The van der Waals surface area contributed by atoms with E-state index in [0.29, 0.717) is 24.5 Å². The van der Waals surface area contributed by atoms with Gasteiger partial charge in [-0.25, -0.2) is 4.98 Å². The van der Waals surface area contributed by atoms with Gasteiger partial charge in [-0.15, -0.1) is 0 Å². The van der Waals surface area contributed by atoms with Crippen molar-refractivity contribution in [3.63, 3.8) is 0 Å². The van der Waals surface area contributed by atoms with Gasteiger partial charge in [0.2, 0.25) is 0 Å². The van der Waals surface area contributed by atoms with Crippen molar-refractivity contribution in [3.05, 3.63) is 53.2 Å². The molecular formula is C16H20N4O. The van der Waals surface area contributed by atoms with Crippen LogP contribution in [-0.2, 0) is 6.54 Å². The number of hydrogen-bond donors (Lipinski definition) is 2. The van der Waals surface area contributed by atoms with Crippen LogP contribution in [0, 0.1) is 6.92 Å². The monoisotopic (exact) mass is 284 g/mol. The third kappa shape index (κ3) is 3.31. The fourth-order valence-corrected chi connectivity index (χ4v) is 2.20. The normalized spacial score (nSPS) is 10.4. The maximum atomic E-state index is 11.6. The van der Waals surface area contributed by atoms with Crippen LogP contribution in [0.3, 0.4) is 0 Å². The number of anilines is 2. The fraction of sp³-hybridized carbons (Fsp3) is 0.250. The van der Waals surface area contributed by atoms with E-state index in [0.717, 1.165) is 16.9 Å². The maximum absolute atomic E-state index is 11.6. The number of nitrogens with zero attached hydrogens (tertiary/aromatic N) is 2. The van der Waals surface area contributed by atoms with Crippen molar-refractivity contribution in [2.45, 2.75) is 20.4 Å². The topological polar surface area (TPSA) is 85.2 Å². The second-order valence-corrected chi connectivity index (χ2v) is 4.90. The summed E-state index contributed by atoms with van der Waals surface area (Å²) in [4.78, 5) is 18.1. The third-order valence-corrected chi connectivity index (χ3v) is 3.38. The molecule has 0 aliphatic rings. The van der Waals surface area contributed by atoms with Crippen LogP contribution in [0.4, 0.5) is 11.5 Å². The van der Waals surface area contributed by atoms with E-state index in [-0.39, 0.29) is 0 Å². The lowest BCUT2D eigenvalue weighted by molar-refractivity contribution is 0.100. The molecule has 1 heterocycles. The number of pyridine rings is 1. The zero-order chi connectivity index (χ0) is 15.4.